The summed E-state index contributed by atoms with van der Waals surface area (Å²) in [5.41, 5.74) is 1.11. The highest BCUT2D eigenvalue weighted by molar-refractivity contribution is 6.30. The Morgan fingerprint density at radius 1 is 1.25 bits per heavy atom. The average molecular weight is 295 g/mol. The zero-order valence-corrected chi connectivity index (χ0v) is 11.4. The smallest absolute Gasteiger partial charge is 0.293 e. The normalized spacial score (nSPS) is 11.9. The molecule has 1 atom stereocenters. The second-order valence-corrected chi connectivity index (χ2v) is 4.77. The number of hydrogen-bond acceptors (Lipinski definition) is 3. The van der Waals surface area contributed by atoms with E-state index in [0.29, 0.717) is 10.7 Å². The van der Waals surface area contributed by atoms with Gasteiger partial charge >= 0.3 is 0 Å². The van der Waals surface area contributed by atoms with Crippen LogP contribution >= 0.6 is 11.6 Å². The zero-order chi connectivity index (χ0) is 14.7. The highest BCUT2D eigenvalue weighted by Crippen LogP contribution is 2.30. The van der Waals surface area contributed by atoms with Crippen LogP contribution in [0.25, 0.3) is 0 Å². The molecule has 6 heteroatoms. The highest BCUT2D eigenvalue weighted by atomic mass is 35.5. The van der Waals surface area contributed by atoms with Gasteiger partial charge in [0.05, 0.1) is 4.92 Å². The van der Waals surface area contributed by atoms with Crippen molar-refractivity contribution in [3.63, 3.8) is 0 Å². The molecule has 0 saturated carbocycles. The lowest BCUT2D eigenvalue weighted by molar-refractivity contribution is -0.384. The fraction of sp³-hybridized carbons (Fsp3) is 0.143. The molecular weight excluding hydrogens is 283 g/mol. The van der Waals surface area contributed by atoms with Crippen molar-refractivity contribution in [1.29, 1.82) is 0 Å². The van der Waals surface area contributed by atoms with E-state index in [-0.39, 0.29) is 17.5 Å². The summed E-state index contributed by atoms with van der Waals surface area (Å²) in [7, 11) is 0. The van der Waals surface area contributed by atoms with Gasteiger partial charge in [0.1, 0.15) is 11.5 Å². The molecular formula is C14H12ClFN2O2. The number of hydrogen-bond donors (Lipinski definition) is 1. The van der Waals surface area contributed by atoms with E-state index in [4.69, 9.17) is 11.6 Å². The van der Waals surface area contributed by atoms with Crippen LogP contribution in [0.5, 0.6) is 0 Å². The van der Waals surface area contributed by atoms with Gasteiger partial charge in [-0.2, -0.15) is 0 Å². The van der Waals surface area contributed by atoms with E-state index >= 15 is 0 Å². The molecule has 0 amide bonds. The lowest BCUT2D eigenvalue weighted by atomic mass is 10.1. The van der Waals surface area contributed by atoms with Crippen molar-refractivity contribution >= 4 is 23.0 Å². The summed E-state index contributed by atoms with van der Waals surface area (Å²) in [5.74, 6) is -0.321. The van der Waals surface area contributed by atoms with Gasteiger partial charge in [0, 0.05) is 17.1 Å². The van der Waals surface area contributed by atoms with Crippen molar-refractivity contribution in [2.45, 2.75) is 13.0 Å². The summed E-state index contributed by atoms with van der Waals surface area (Å²) < 4.78 is 12.9. The number of nitro groups is 1. The van der Waals surface area contributed by atoms with E-state index in [1.54, 1.807) is 24.3 Å². The summed E-state index contributed by atoms with van der Waals surface area (Å²) in [6.45, 7) is 1.84. The van der Waals surface area contributed by atoms with Gasteiger partial charge in [-0.25, -0.2) is 4.39 Å². The lowest BCUT2D eigenvalue weighted by Gasteiger charge is -2.15. The molecule has 0 fully saturated rings. The van der Waals surface area contributed by atoms with Crippen molar-refractivity contribution in [2.24, 2.45) is 0 Å². The number of nitro benzene ring substituents is 1. The van der Waals surface area contributed by atoms with Gasteiger partial charge in [-0.3, -0.25) is 10.1 Å². The van der Waals surface area contributed by atoms with Gasteiger partial charge in [-0.05, 0) is 36.8 Å². The monoisotopic (exact) mass is 294 g/mol. The number of nitrogens with one attached hydrogen (secondary N) is 1. The van der Waals surface area contributed by atoms with Gasteiger partial charge in [0.2, 0.25) is 0 Å². The maximum absolute atomic E-state index is 12.9. The van der Waals surface area contributed by atoms with E-state index in [1.807, 2.05) is 6.92 Å². The van der Waals surface area contributed by atoms with Crippen LogP contribution in [0, 0.1) is 15.9 Å². The first-order valence-corrected chi connectivity index (χ1v) is 6.31. The van der Waals surface area contributed by atoms with Crippen LogP contribution in [0.1, 0.15) is 18.5 Å². The molecule has 0 spiro atoms. The maximum atomic E-state index is 12.9. The molecule has 20 heavy (non-hydrogen) atoms. The van der Waals surface area contributed by atoms with Crippen LogP contribution in [-0.4, -0.2) is 4.92 Å². The second kappa shape index (κ2) is 5.88. The Labute approximate surface area is 120 Å². The summed E-state index contributed by atoms with van der Waals surface area (Å²) in [5, 5.41) is 14.3. The molecule has 1 unspecified atom stereocenters. The third-order valence-electron chi connectivity index (χ3n) is 2.90. The molecule has 0 aliphatic rings. The van der Waals surface area contributed by atoms with Crippen molar-refractivity contribution in [3.05, 3.63) is 69.0 Å². The predicted molar refractivity (Wildman–Crippen MR) is 76.5 cm³/mol. The van der Waals surface area contributed by atoms with Gasteiger partial charge in [0.25, 0.3) is 5.69 Å². The van der Waals surface area contributed by atoms with Gasteiger partial charge in [0.15, 0.2) is 0 Å². The fourth-order valence-electron chi connectivity index (χ4n) is 1.85. The summed E-state index contributed by atoms with van der Waals surface area (Å²) in [6, 6.07) is 10.2. The number of anilines is 1. The fourth-order valence-corrected chi connectivity index (χ4v) is 2.01. The van der Waals surface area contributed by atoms with E-state index in [2.05, 4.69) is 5.32 Å². The number of nitrogens with zero attached hydrogens (tertiary/aromatic N) is 1. The molecule has 2 rings (SSSR count). The third kappa shape index (κ3) is 3.24. The summed E-state index contributed by atoms with van der Waals surface area (Å²) >= 11 is 5.76. The Balaban J connectivity index is 2.25. The van der Waals surface area contributed by atoms with Crippen LogP contribution in [-0.2, 0) is 0 Å². The molecule has 0 aliphatic carbocycles. The molecule has 4 nitrogen and oxygen atoms in total. The standard InChI is InChI=1S/C14H12ClFN2O2/c1-9(10-2-5-12(16)6-3-10)17-13-7-4-11(15)8-14(13)18(19)20/h2-9,17H,1H3. The molecule has 0 bridgehead atoms. The minimum absolute atomic E-state index is 0.0912. The highest BCUT2D eigenvalue weighted by Gasteiger charge is 2.16. The predicted octanol–water partition coefficient (Wildman–Crippen LogP) is 4.56. The first kappa shape index (κ1) is 14.3. The van der Waals surface area contributed by atoms with Gasteiger partial charge < -0.3 is 5.32 Å². The second-order valence-electron chi connectivity index (χ2n) is 4.34. The van der Waals surface area contributed by atoms with Crippen LogP contribution in [0.15, 0.2) is 42.5 Å². The molecule has 2 aromatic carbocycles. The first-order chi connectivity index (χ1) is 9.47. The van der Waals surface area contributed by atoms with E-state index in [1.165, 1.54) is 18.2 Å². The Kier molecular flexibility index (Phi) is 4.20. The Hall–Kier alpha value is -2.14. The van der Waals surface area contributed by atoms with Crippen LogP contribution in [0.3, 0.4) is 0 Å². The SMILES string of the molecule is CC(Nc1ccc(Cl)cc1[N+](=O)[O-])c1ccc(F)cc1. The quantitative estimate of drug-likeness (QED) is 0.664. The van der Waals surface area contributed by atoms with E-state index < -0.39 is 4.92 Å². The van der Waals surface area contributed by atoms with Crippen LogP contribution < -0.4 is 5.32 Å². The maximum Gasteiger partial charge on any atom is 0.293 e. The molecule has 0 aliphatic heterocycles. The first-order valence-electron chi connectivity index (χ1n) is 5.93. The topological polar surface area (TPSA) is 55.2 Å². The number of benzene rings is 2. The molecule has 2 aromatic rings. The third-order valence-corrected chi connectivity index (χ3v) is 3.13. The van der Waals surface area contributed by atoms with Crippen LogP contribution in [0.2, 0.25) is 5.02 Å². The van der Waals surface area contributed by atoms with Crippen LogP contribution in [0.4, 0.5) is 15.8 Å². The molecule has 0 saturated heterocycles. The van der Waals surface area contributed by atoms with Crippen molar-refractivity contribution in [2.75, 3.05) is 5.32 Å². The summed E-state index contributed by atoms with van der Waals surface area (Å²) in [6.07, 6.45) is 0. The minimum atomic E-state index is -0.494. The number of halogens is 2. The van der Waals surface area contributed by atoms with E-state index in [9.17, 15) is 14.5 Å². The van der Waals surface area contributed by atoms with Gasteiger partial charge in [-0.1, -0.05) is 23.7 Å². The molecule has 0 aromatic heterocycles. The van der Waals surface area contributed by atoms with Crippen molar-refractivity contribution in [1.82, 2.24) is 0 Å². The lowest BCUT2D eigenvalue weighted by Crippen LogP contribution is -2.08. The number of rotatable bonds is 4. The Bertz CT molecular complexity index is 632. The summed E-state index contributed by atoms with van der Waals surface area (Å²) in [4.78, 5) is 10.5. The molecule has 104 valence electrons. The van der Waals surface area contributed by atoms with Crippen molar-refractivity contribution in [3.8, 4) is 0 Å². The largest absolute Gasteiger partial charge is 0.373 e. The zero-order valence-electron chi connectivity index (χ0n) is 10.6. The van der Waals surface area contributed by atoms with Crippen molar-refractivity contribution < 1.29 is 9.31 Å². The molecule has 0 heterocycles. The van der Waals surface area contributed by atoms with Gasteiger partial charge in [-0.15, -0.1) is 0 Å². The van der Waals surface area contributed by atoms with E-state index in [0.717, 1.165) is 5.56 Å². The average Bonchev–Trinajstić information content (AvgIpc) is 2.41. The molecule has 0 radical (unpaired) electrons. The molecule has 1 N–H and O–H groups in total. The Morgan fingerprint density at radius 3 is 2.50 bits per heavy atom. The minimum Gasteiger partial charge on any atom is -0.373 e. The Morgan fingerprint density at radius 2 is 1.90 bits per heavy atom.